The normalized spacial score (nSPS) is 21.7. The lowest BCUT2D eigenvalue weighted by Gasteiger charge is -2.35. The molecular formula is C21H28N4O5. The standard InChI is InChI=1S/C21H28N4O5/c22-20(29)17(6-7-19(27)28)23-13-18(26)24-8-10-25(11-9-24)21(30)16-12-15(16)14-4-2-1-3-5-14/h1-5,15-17,23H,6-13H2,(H2,22,29)(H,27,28)/t15-,16+,17-/m0/s1. The summed E-state index contributed by atoms with van der Waals surface area (Å²) in [6.07, 6.45) is 0.696. The molecule has 1 saturated heterocycles. The number of nitrogens with zero attached hydrogens (tertiary/aromatic N) is 2. The molecular weight excluding hydrogens is 388 g/mol. The van der Waals surface area contributed by atoms with Crippen molar-refractivity contribution in [3.8, 4) is 0 Å². The molecule has 1 aliphatic heterocycles. The Bertz CT molecular complexity index is 792. The first kappa shape index (κ1) is 21.8. The van der Waals surface area contributed by atoms with Crippen LogP contribution >= 0.6 is 0 Å². The second kappa shape index (κ2) is 9.71. The predicted octanol–water partition coefficient (Wildman–Crippen LogP) is -0.231. The number of piperazine rings is 1. The molecule has 1 aliphatic carbocycles. The second-order valence-corrected chi connectivity index (χ2v) is 7.83. The topological polar surface area (TPSA) is 133 Å². The minimum absolute atomic E-state index is 0.0295. The Morgan fingerprint density at radius 1 is 1.07 bits per heavy atom. The highest BCUT2D eigenvalue weighted by molar-refractivity contribution is 5.84. The van der Waals surface area contributed by atoms with Gasteiger partial charge >= 0.3 is 5.97 Å². The second-order valence-electron chi connectivity index (χ2n) is 7.83. The van der Waals surface area contributed by atoms with Gasteiger partial charge in [-0.15, -0.1) is 0 Å². The Morgan fingerprint density at radius 3 is 2.30 bits per heavy atom. The third-order valence-electron chi connectivity index (χ3n) is 5.77. The summed E-state index contributed by atoms with van der Waals surface area (Å²) in [7, 11) is 0. The van der Waals surface area contributed by atoms with Gasteiger partial charge in [0.05, 0.1) is 12.6 Å². The number of nitrogens with two attached hydrogens (primary N) is 1. The molecule has 9 heteroatoms. The van der Waals surface area contributed by atoms with Gasteiger partial charge in [-0.05, 0) is 24.3 Å². The number of carbonyl (C=O) groups is 4. The summed E-state index contributed by atoms with van der Waals surface area (Å²) >= 11 is 0. The summed E-state index contributed by atoms with van der Waals surface area (Å²) < 4.78 is 0. The Hall–Kier alpha value is -2.94. The van der Waals surface area contributed by atoms with Crippen molar-refractivity contribution in [2.75, 3.05) is 32.7 Å². The Morgan fingerprint density at radius 2 is 1.70 bits per heavy atom. The molecule has 3 rings (SSSR count). The van der Waals surface area contributed by atoms with E-state index in [1.807, 2.05) is 23.1 Å². The van der Waals surface area contributed by atoms with E-state index >= 15 is 0 Å². The molecule has 0 unspecified atom stereocenters. The largest absolute Gasteiger partial charge is 0.481 e. The number of amides is 3. The lowest BCUT2D eigenvalue weighted by atomic mass is 10.1. The molecule has 3 atom stereocenters. The number of primary amides is 1. The third-order valence-corrected chi connectivity index (χ3v) is 5.77. The fourth-order valence-corrected chi connectivity index (χ4v) is 3.88. The number of carbonyl (C=O) groups excluding carboxylic acids is 3. The maximum absolute atomic E-state index is 12.7. The van der Waals surface area contributed by atoms with Crippen LogP contribution in [0.4, 0.5) is 0 Å². The van der Waals surface area contributed by atoms with E-state index < -0.39 is 17.9 Å². The minimum Gasteiger partial charge on any atom is -0.481 e. The average Bonchev–Trinajstić information content (AvgIpc) is 3.54. The van der Waals surface area contributed by atoms with Crippen molar-refractivity contribution in [2.45, 2.75) is 31.2 Å². The first-order chi connectivity index (χ1) is 14.4. The fourth-order valence-electron chi connectivity index (χ4n) is 3.88. The van der Waals surface area contributed by atoms with Crippen LogP contribution in [0.2, 0.25) is 0 Å². The van der Waals surface area contributed by atoms with Crippen LogP contribution in [0.1, 0.15) is 30.7 Å². The van der Waals surface area contributed by atoms with Gasteiger partial charge in [0.1, 0.15) is 0 Å². The highest BCUT2D eigenvalue weighted by Crippen LogP contribution is 2.48. The van der Waals surface area contributed by atoms with Gasteiger partial charge < -0.3 is 20.6 Å². The van der Waals surface area contributed by atoms with E-state index in [-0.39, 0.29) is 37.1 Å². The van der Waals surface area contributed by atoms with E-state index in [0.29, 0.717) is 32.1 Å². The van der Waals surface area contributed by atoms with Crippen LogP contribution < -0.4 is 11.1 Å². The van der Waals surface area contributed by atoms with Crippen molar-refractivity contribution in [3.05, 3.63) is 35.9 Å². The highest BCUT2D eigenvalue weighted by Gasteiger charge is 2.46. The van der Waals surface area contributed by atoms with E-state index in [0.717, 1.165) is 6.42 Å². The number of carboxylic acid groups (broad SMARTS) is 1. The molecule has 0 bridgehead atoms. The summed E-state index contributed by atoms with van der Waals surface area (Å²) in [5.41, 5.74) is 6.46. The molecule has 2 aliphatic rings. The first-order valence-electron chi connectivity index (χ1n) is 10.2. The number of carboxylic acids is 1. The number of nitrogens with one attached hydrogen (secondary N) is 1. The van der Waals surface area contributed by atoms with Crippen LogP contribution in [0.5, 0.6) is 0 Å². The predicted molar refractivity (Wildman–Crippen MR) is 108 cm³/mol. The Kier molecular flexibility index (Phi) is 7.04. The lowest BCUT2D eigenvalue weighted by molar-refractivity contribution is -0.140. The highest BCUT2D eigenvalue weighted by atomic mass is 16.4. The number of benzene rings is 1. The molecule has 1 saturated carbocycles. The Balaban J connectivity index is 1.41. The van der Waals surface area contributed by atoms with Crippen molar-refractivity contribution in [3.63, 3.8) is 0 Å². The fraction of sp³-hybridized carbons (Fsp3) is 0.524. The zero-order valence-corrected chi connectivity index (χ0v) is 16.8. The molecule has 1 aromatic carbocycles. The smallest absolute Gasteiger partial charge is 0.303 e. The molecule has 1 aromatic rings. The van der Waals surface area contributed by atoms with Crippen molar-refractivity contribution in [1.82, 2.24) is 15.1 Å². The summed E-state index contributed by atoms with van der Waals surface area (Å²) in [4.78, 5) is 50.7. The van der Waals surface area contributed by atoms with Crippen LogP contribution in [-0.2, 0) is 19.2 Å². The molecule has 0 spiro atoms. The van der Waals surface area contributed by atoms with E-state index in [4.69, 9.17) is 10.8 Å². The van der Waals surface area contributed by atoms with Crippen LogP contribution in [0.3, 0.4) is 0 Å². The SMILES string of the molecule is NC(=O)[C@H](CCC(=O)O)NCC(=O)N1CCN(C(=O)[C@@H]2C[C@H]2c2ccccc2)CC1. The average molecular weight is 416 g/mol. The molecule has 30 heavy (non-hydrogen) atoms. The summed E-state index contributed by atoms with van der Waals surface area (Å²) in [5, 5.41) is 11.5. The van der Waals surface area contributed by atoms with Crippen LogP contribution in [-0.4, -0.2) is 77.4 Å². The molecule has 4 N–H and O–H groups in total. The van der Waals surface area contributed by atoms with E-state index in [2.05, 4.69) is 17.4 Å². The Labute approximate surface area is 175 Å². The summed E-state index contributed by atoms with van der Waals surface area (Å²) in [5.74, 6) is -1.44. The van der Waals surface area contributed by atoms with Crippen LogP contribution in [0, 0.1) is 5.92 Å². The van der Waals surface area contributed by atoms with E-state index in [1.165, 1.54) is 5.56 Å². The molecule has 9 nitrogen and oxygen atoms in total. The van der Waals surface area contributed by atoms with E-state index in [9.17, 15) is 19.2 Å². The monoisotopic (exact) mass is 416 g/mol. The maximum Gasteiger partial charge on any atom is 0.303 e. The van der Waals surface area contributed by atoms with Crippen LogP contribution in [0.25, 0.3) is 0 Å². The zero-order valence-electron chi connectivity index (χ0n) is 16.8. The quantitative estimate of drug-likeness (QED) is 0.509. The lowest BCUT2D eigenvalue weighted by Crippen LogP contribution is -2.54. The molecule has 0 radical (unpaired) electrons. The van der Waals surface area contributed by atoms with Gasteiger partial charge in [0.15, 0.2) is 0 Å². The van der Waals surface area contributed by atoms with Crippen LogP contribution in [0.15, 0.2) is 30.3 Å². The maximum atomic E-state index is 12.7. The van der Waals surface area contributed by atoms with Gasteiger partial charge in [0.2, 0.25) is 17.7 Å². The number of aliphatic carboxylic acids is 1. The van der Waals surface area contributed by atoms with Gasteiger partial charge in [-0.25, -0.2) is 0 Å². The van der Waals surface area contributed by atoms with Gasteiger partial charge in [-0.2, -0.15) is 0 Å². The third kappa shape index (κ3) is 5.56. The van der Waals surface area contributed by atoms with Crippen molar-refractivity contribution in [1.29, 1.82) is 0 Å². The van der Waals surface area contributed by atoms with Crippen molar-refractivity contribution < 1.29 is 24.3 Å². The molecule has 3 amide bonds. The van der Waals surface area contributed by atoms with Gasteiger partial charge in [-0.1, -0.05) is 30.3 Å². The van der Waals surface area contributed by atoms with Crippen molar-refractivity contribution >= 4 is 23.7 Å². The minimum atomic E-state index is -1.03. The molecule has 1 heterocycles. The summed E-state index contributed by atoms with van der Waals surface area (Å²) in [6, 6.07) is 9.17. The van der Waals surface area contributed by atoms with Gasteiger partial charge in [-0.3, -0.25) is 24.5 Å². The van der Waals surface area contributed by atoms with Crippen molar-refractivity contribution in [2.24, 2.45) is 11.7 Å². The molecule has 0 aromatic heterocycles. The molecule has 2 fully saturated rings. The summed E-state index contributed by atoms with van der Waals surface area (Å²) in [6.45, 7) is 1.75. The number of rotatable bonds is 9. The zero-order chi connectivity index (χ0) is 21.7. The number of hydrogen-bond acceptors (Lipinski definition) is 5. The van der Waals surface area contributed by atoms with Gasteiger partial charge in [0.25, 0.3) is 0 Å². The number of hydrogen-bond donors (Lipinski definition) is 3. The van der Waals surface area contributed by atoms with Gasteiger partial charge in [0, 0.05) is 38.5 Å². The molecule has 162 valence electrons. The first-order valence-corrected chi connectivity index (χ1v) is 10.2. The van der Waals surface area contributed by atoms with E-state index in [1.54, 1.807) is 4.90 Å².